The molecule has 0 aliphatic heterocycles. The van der Waals surface area contributed by atoms with E-state index in [0.29, 0.717) is 17.2 Å². The molecule has 82 valence electrons. The molecular weight excluding hydrogens is 221 g/mol. The summed E-state index contributed by atoms with van der Waals surface area (Å²) in [7, 11) is 0. The highest BCUT2D eigenvalue weighted by molar-refractivity contribution is 5.83. The van der Waals surface area contributed by atoms with Crippen LogP contribution in [0.2, 0.25) is 0 Å². The van der Waals surface area contributed by atoms with Crippen LogP contribution in [0.1, 0.15) is 16.1 Å². The summed E-state index contributed by atoms with van der Waals surface area (Å²) in [5.41, 5.74) is -0.721. The van der Waals surface area contributed by atoms with E-state index in [9.17, 15) is 18.0 Å². The topological polar surface area (TPSA) is 42.9 Å². The Bertz CT molecular complexity index is 551. The Hall–Kier alpha value is -1.98. The fourth-order valence-electron chi connectivity index (χ4n) is 1.25. The van der Waals surface area contributed by atoms with E-state index in [1.807, 2.05) is 0 Å². The molecule has 0 saturated carbocycles. The summed E-state index contributed by atoms with van der Waals surface area (Å²) in [6.07, 6.45) is -2.73. The van der Waals surface area contributed by atoms with Crippen LogP contribution in [0.4, 0.5) is 13.2 Å². The number of carbonyl (C=O) groups excluding carboxylic acids is 1. The van der Waals surface area contributed by atoms with E-state index in [4.69, 9.17) is 0 Å². The van der Waals surface area contributed by atoms with Crippen LogP contribution in [0.15, 0.2) is 24.4 Å². The fraction of sp³-hybridized carbons (Fsp3) is 0.100. The predicted molar refractivity (Wildman–Crippen MR) is 49.9 cm³/mol. The first kappa shape index (κ1) is 10.5. The van der Waals surface area contributed by atoms with Crippen LogP contribution in [0.5, 0.6) is 0 Å². The largest absolute Gasteiger partial charge is 0.433 e. The normalized spacial score (nSPS) is 11.7. The number of pyridine rings is 2. The summed E-state index contributed by atoms with van der Waals surface area (Å²) in [4.78, 5) is 17.5. The minimum absolute atomic E-state index is 0.0274. The van der Waals surface area contributed by atoms with Gasteiger partial charge in [0, 0.05) is 17.1 Å². The maximum absolute atomic E-state index is 12.3. The smallest absolute Gasteiger partial charge is 0.298 e. The Labute approximate surface area is 87.9 Å². The second-order valence-corrected chi connectivity index (χ2v) is 3.13. The lowest BCUT2D eigenvalue weighted by atomic mass is 10.2. The van der Waals surface area contributed by atoms with Gasteiger partial charge in [0.25, 0.3) is 0 Å². The molecule has 16 heavy (non-hydrogen) atoms. The molecule has 0 aliphatic carbocycles. The molecule has 6 heteroatoms. The highest BCUT2D eigenvalue weighted by atomic mass is 19.4. The molecule has 0 N–H and O–H groups in total. The van der Waals surface area contributed by atoms with Gasteiger partial charge in [-0.25, -0.2) is 9.97 Å². The molecule has 0 saturated heterocycles. The van der Waals surface area contributed by atoms with Crippen molar-refractivity contribution in [1.29, 1.82) is 0 Å². The van der Waals surface area contributed by atoms with Crippen LogP contribution in [0.25, 0.3) is 11.0 Å². The van der Waals surface area contributed by atoms with Crippen molar-refractivity contribution >= 4 is 17.3 Å². The van der Waals surface area contributed by atoms with Gasteiger partial charge in [-0.2, -0.15) is 13.2 Å². The number of hydrogen-bond donors (Lipinski definition) is 0. The summed E-state index contributed by atoms with van der Waals surface area (Å²) in [6, 6.07) is 3.53. The predicted octanol–water partition coefficient (Wildman–Crippen LogP) is 2.46. The number of halogens is 3. The molecule has 0 aliphatic rings. The monoisotopic (exact) mass is 226 g/mol. The minimum Gasteiger partial charge on any atom is -0.298 e. The van der Waals surface area contributed by atoms with Crippen LogP contribution >= 0.6 is 0 Å². The van der Waals surface area contributed by atoms with Gasteiger partial charge in [-0.05, 0) is 18.2 Å². The number of nitrogens with zero attached hydrogens (tertiary/aromatic N) is 2. The summed E-state index contributed by atoms with van der Waals surface area (Å²) >= 11 is 0. The maximum atomic E-state index is 12.3. The Morgan fingerprint density at radius 3 is 2.62 bits per heavy atom. The first-order chi connectivity index (χ1) is 7.50. The van der Waals surface area contributed by atoms with E-state index in [2.05, 4.69) is 9.97 Å². The van der Waals surface area contributed by atoms with Crippen LogP contribution in [-0.2, 0) is 6.18 Å². The molecule has 0 amide bonds. The van der Waals surface area contributed by atoms with Crippen LogP contribution in [0, 0.1) is 0 Å². The SMILES string of the molecule is O=Cc1cnc2nc(C(F)(F)F)ccc2c1. The van der Waals surface area contributed by atoms with Crippen molar-refractivity contribution in [3.63, 3.8) is 0 Å². The molecule has 2 rings (SSSR count). The summed E-state index contributed by atoms with van der Waals surface area (Å²) in [5.74, 6) is 0. The van der Waals surface area contributed by atoms with Crippen molar-refractivity contribution in [3.8, 4) is 0 Å². The number of fused-ring (bicyclic) bond motifs is 1. The first-order valence-electron chi connectivity index (χ1n) is 4.30. The second-order valence-electron chi connectivity index (χ2n) is 3.13. The second kappa shape index (κ2) is 3.55. The summed E-state index contributed by atoms with van der Waals surface area (Å²) < 4.78 is 36.9. The van der Waals surface area contributed by atoms with Crippen molar-refractivity contribution in [1.82, 2.24) is 9.97 Å². The van der Waals surface area contributed by atoms with Gasteiger partial charge in [-0.3, -0.25) is 4.79 Å². The number of aromatic nitrogens is 2. The van der Waals surface area contributed by atoms with E-state index >= 15 is 0 Å². The molecule has 2 aromatic heterocycles. The van der Waals surface area contributed by atoms with Gasteiger partial charge in [-0.1, -0.05) is 0 Å². The van der Waals surface area contributed by atoms with E-state index in [-0.39, 0.29) is 5.65 Å². The average Bonchev–Trinajstić information content (AvgIpc) is 2.26. The van der Waals surface area contributed by atoms with Gasteiger partial charge in [0.05, 0.1) is 0 Å². The molecule has 0 radical (unpaired) electrons. The van der Waals surface area contributed by atoms with Crippen molar-refractivity contribution in [2.45, 2.75) is 6.18 Å². The first-order valence-corrected chi connectivity index (χ1v) is 4.30. The lowest BCUT2D eigenvalue weighted by Crippen LogP contribution is -2.08. The van der Waals surface area contributed by atoms with Crippen molar-refractivity contribution in [2.24, 2.45) is 0 Å². The van der Waals surface area contributed by atoms with Crippen LogP contribution in [-0.4, -0.2) is 16.3 Å². The van der Waals surface area contributed by atoms with Gasteiger partial charge in [-0.15, -0.1) is 0 Å². The van der Waals surface area contributed by atoms with Crippen molar-refractivity contribution in [3.05, 3.63) is 35.7 Å². The highest BCUT2D eigenvalue weighted by Crippen LogP contribution is 2.28. The lowest BCUT2D eigenvalue weighted by Gasteiger charge is -2.05. The van der Waals surface area contributed by atoms with E-state index in [1.165, 1.54) is 18.3 Å². The van der Waals surface area contributed by atoms with E-state index < -0.39 is 11.9 Å². The molecule has 2 heterocycles. The maximum Gasteiger partial charge on any atom is 0.433 e. The third-order valence-electron chi connectivity index (χ3n) is 1.99. The average molecular weight is 226 g/mol. The molecule has 0 spiro atoms. The van der Waals surface area contributed by atoms with Crippen LogP contribution in [0.3, 0.4) is 0 Å². The van der Waals surface area contributed by atoms with Crippen molar-refractivity contribution < 1.29 is 18.0 Å². The molecule has 2 aromatic rings. The standard InChI is InChI=1S/C10H5F3N2O/c11-10(12,13)8-2-1-7-3-6(5-16)4-14-9(7)15-8/h1-5H. The Balaban J connectivity index is 2.60. The quantitative estimate of drug-likeness (QED) is 0.701. The number of hydrogen-bond acceptors (Lipinski definition) is 3. The zero-order chi connectivity index (χ0) is 11.8. The van der Waals surface area contributed by atoms with Crippen molar-refractivity contribution in [2.75, 3.05) is 0 Å². The summed E-state index contributed by atoms with van der Waals surface area (Å²) in [5, 5.41) is 0.401. The zero-order valence-electron chi connectivity index (χ0n) is 7.82. The molecule has 0 atom stereocenters. The van der Waals surface area contributed by atoms with E-state index in [1.54, 1.807) is 0 Å². The Morgan fingerprint density at radius 1 is 1.25 bits per heavy atom. The van der Waals surface area contributed by atoms with Gasteiger partial charge in [0.1, 0.15) is 5.69 Å². The van der Waals surface area contributed by atoms with Gasteiger partial charge in [0.15, 0.2) is 11.9 Å². The molecule has 0 bridgehead atoms. The Kier molecular flexibility index (Phi) is 2.34. The van der Waals surface area contributed by atoms with E-state index in [0.717, 1.165) is 6.07 Å². The van der Waals surface area contributed by atoms with Gasteiger partial charge >= 0.3 is 6.18 Å². The third-order valence-corrected chi connectivity index (χ3v) is 1.99. The number of rotatable bonds is 1. The summed E-state index contributed by atoms with van der Waals surface area (Å²) in [6.45, 7) is 0. The minimum atomic E-state index is -4.49. The van der Waals surface area contributed by atoms with Crippen LogP contribution < -0.4 is 0 Å². The third kappa shape index (κ3) is 1.86. The molecule has 0 fully saturated rings. The molecule has 3 nitrogen and oxygen atoms in total. The molecule has 0 unspecified atom stereocenters. The lowest BCUT2D eigenvalue weighted by molar-refractivity contribution is -0.141. The molecule has 0 aromatic carbocycles. The molecular formula is C10H5F3N2O. The zero-order valence-corrected chi connectivity index (χ0v) is 7.82. The highest BCUT2D eigenvalue weighted by Gasteiger charge is 2.32. The number of alkyl halides is 3. The van der Waals surface area contributed by atoms with Gasteiger partial charge < -0.3 is 0 Å². The fourth-order valence-corrected chi connectivity index (χ4v) is 1.25. The van der Waals surface area contributed by atoms with Gasteiger partial charge in [0.2, 0.25) is 0 Å². The number of carbonyl (C=O) groups is 1. The number of aldehydes is 1. The Morgan fingerprint density at radius 2 is 2.00 bits per heavy atom.